The monoisotopic (exact) mass is 350 g/mol. The van der Waals surface area contributed by atoms with E-state index in [9.17, 15) is 12.8 Å². The van der Waals surface area contributed by atoms with Crippen LogP contribution in [0.4, 0.5) is 16.0 Å². The molecule has 10 heteroatoms. The molecule has 0 radical (unpaired) electrons. The highest BCUT2D eigenvalue weighted by Crippen LogP contribution is 2.33. The molecule has 2 rings (SSSR count). The van der Waals surface area contributed by atoms with Gasteiger partial charge in [-0.15, -0.1) is 0 Å². The third-order valence-electron chi connectivity index (χ3n) is 2.41. The van der Waals surface area contributed by atoms with Crippen LogP contribution < -0.4 is 10.0 Å². The second kappa shape index (κ2) is 6.00. The van der Waals surface area contributed by atoms with E-state index in [4.69, 9.17) is 23.2 Å². The summed E-state index contributed by atoms with van der Waals surface area (Å²) in [4.78, 5) is 7.41. The predicted octanol–water partition coefficient (Wildman–Crippen LogP) is 2.77. The van der Waals surface area contributed by atoms with E-state index in [0.717, 1.165) is 24.5 Å². The van der Waals surface area contributed by atoms with Crippen LogP contribution in [0, 0.1) is 5.82 Å². The van der Waals surface area contributed by atoms with Gasteiger partial charge in [0.2, 0.25) is 5.95 Å². The van der Waals surface area contributed by atoms with E-state index in [2.05, 4.69) is 20.0 Å². The molecule has 0 unspecified atom stereocenters. The average Bonchev–Trinajstić information content (AvgIpc) is 2.43. The van der Waals surface area contributed by atoms with Crippen molar-refractivity contribution < 1.29 is 12.8 Å². The number of benzene rings is 1. The van der Waals surface area contributed by atoms with Crippen molar-refractivity contribution in [2.75, 3.05) is 17.1 Å². The van der Waals surface area contributed by atoms with Crippen LogP contribution in [0.2, 0.25) is 10.0 Å². The van der Waals surface area contributed by atoms with Crippen LogP contribution in [0.1, 0.15) is 0 Å². The zero-order valence-corrected chi connectivity index (χ0v) is 12.9. The lowest BCUT2D eigenvalue weighted by molar-refractivity contribution is 0.600. The molecule has 0 atom stereocenters. The first kappa shape index (κ1) is 15.7. The smallest absolute Gasteiger partial charge is 0.265 e. The van der Waals surface area contributed by atoms with Gasteiger partial charge in [-0.25, -0.2) is 22.8 Å². The summed E-state index contributed by atoms with van der Waals surface area (Å²) >= 11 is 11.6. The van der Waals surface area contributed by atoms with Gasteiger partial charge in [-0.1, -0.05) is 23.2 Å². The lowest BCUT2D eigenvalue weighted by Crippen LogP contribution is -2.14. The molecule has 1 heterocycles. The van der Waals surface area contributed by atoms with E-state index in [1.165, 1.54) is 0 Å². The van der Waals surface area contributed by atoms with Crippen LogP contribution in [-0.4, -0.2) is 25.4 Å². The van der Waals surface area contributed by atoms with Crippen molar-refractivity contribution in [1.82, 2.24) is 9.97 Å². The molecule has 6 nitrogen and oxygen atoms in total. The first-order chi connectivity index (χ1) is 9.83. The number of aromatic nitrogens is 2. The lowest BCUT2D eigenvalue weighted by Gasteiger charge is -2.11. The van der Waals surface area contributed by atoms with E-state index >= 15 is 0 Å². The molecule has 0 saturated carbocycles. The van der Waals surface area contributed by atoms with E-state index in [1.54, 1.807) is 7.05 Å². The number of halogens is 3. The van der Waals surface area contributed by atoms with Crippen LogP contribution in [0.25, 0.3) is 0 Å². The van der Waals surface area contributed by atoms with Gasteiger partial charge in [-0.3, -0.25) is 4.72 Å². The van der Waals surface area contributed by atoms with E-state index < -0.39 is 15.8 Å². The van der Waals surface area contributed by atoms with Gasteiger partial charge in [-0.05, 0) is 12.1 Å². The Bertz CT molecular complexity index is 745. The van der Waals surface area contributed by atoms with Crippen LogP contribution in [0.15, 0.2) is 29.4 Å². The molecular formula is C11H9Cl2FN4O2S. The Kier molecular flexibility index (Phi) is 4.50. The van der Waals surface area contributed by atoms with Gasteiger partial charge in [0.1, 0.15) is 10.7 Å². The normalized spacial score (nSPS) is 11.2. The SMILES string of the molecule is CNc1ncc(S(=O)(=O)Nc2c(Cl)cc(F)cc2Cl)cn1. The summed E-state index contributed by atoms with van der Waals surface area (Å²) in [5.74, 6) is -0.401. The van der Waals surface area contributed by atoms with Crippen LogP contribution in [0.5, 0.6) is 0 Å². The molecule has 0 aliphatic carbocycles. The second-order valence-electron chi connectivity index (χ2n) is 3.84. The summed E-state index contributed by atoms with van der Waals surface area (Å²) < 4.78 is 39.6. The Labute approximate surface area is 130 Å². The zero-order chi connectivity index (χ0) is 15.6. The average molecular weight is 351 g/mol. The summed E-state index contributed by atoms with van der Waals surface area (Å²) in [7, 11) is -2.39. The molecule has 0 saturated heterocycles. The third-order valence-corrected chi connectivity index (χ3v) is 4.31. The van der Waals surface area contributed by atoms with Gasteiger partial charge in [0.05, 0.1) is 28.1 Å². The summed E-state index contributed by atoms with van der Waals surface area (Å²) in [6.07, 6.45) is 2.24. The second-order valence-corrected chi connectivity index (χ2v) is 6.34. The van der Waals surface area contributed by atoms with Crippen molar-refractivity contribution in [3.05, 3.63) is 40.4 Å². The van der Waals surface area contributed by atoms with Crippen molar-refractivity contribution in [3.63, 3.8) is 0 Å². The molecule has 0 fully saturated rings. The van der Waals surface area contributed by atoms with Gasteiger partial charge < -0.3 is 5.32 Å². The first-order valence-corrected chi connectivity index (χ1v) is 7.74. The fourth-order valence-electron chi connectivity index (χ4n) is 1.42. The highest BCUT2D eigenvalue weighted by molar-refractivity contribution is 7.92. The molecule has 0 aliphatic heterocycles. The quantitative estimate of drug-likeness (QED) is 0.885. The molecule has 2 N–H and O–H groups in total. The fraction of sp³-hybridized carbons (Fsp3) is 0.0909. The number of nitrogens with zero attached hydrogens (tertiary/aromatic N) is 2. The molecule has 0 spiro atoms. The van der Waals surface area contributed by atoms with Gasteiger partial charge in [0.25, 0.3) is 10.0 Å². The number of anilines is 2. The summed E-state index contributed by atoms with van der Waals surface area (Å²) in [6, 6.07) is 1.90. The van der Waals surface area contributed by atoms with Gasteiger partial charge in [0.15, 0.2) is 0 Å². The zero-order valence-electron chi connectivity index (χ0n) is 10.6. The van der Waals surface area contributed by atoms with E-state index in [-0.39, 0.29) is 26.6 Å². The molecular weight excluding hydrogens is 342 g/mol. The summed E-state index contributed by atoms with van der Waals surface area (Å²) in [5.41, 5.74) is -0.113. The molecule has 112 valence electrons. The van der Waals surface area contributed by atoms with Crippen molar-refractivity contribution in [3.8, 4) is 0 Å². The Morgan fingerprint density at radius 2 is 1.67 bits per heavy atom. The number of hydrogen-bond acceptors (Lipinski definition) is 5. The minimum Gasteiger partial charge on any atom is -0.357 e. The van der Waals surface area contributed by atoms with Crippen LogP contribution in [0.3, 0.4) is 0 Å². The predicted molar refractivity (Wildman–Crippen MR) is 78.8 cm³/mol. The number of nitrogens with one attached hydrogen (secondary N) is 2. The molecule has 0 aliphatic rings. The Morgan fingerprint density at radius 1 is 1.14 bits per heavy atom. The molecule has 2 aromatic rings. The van der Waals surface area contributed by atoms with Crippen molar-refractivity contribution >= 4 is 44.9 Å². The summed E-state index contributed by atoms with van der Waals surface area (Å²) in [6.45, 7) is 0. The topological polar surface area (TPSA) is 84.0 Å². The van der Waals surface area contributed by atoms with E-state index in [1.807, 2.05) is 0 Å². The highest BCUT2D eigenvalue weighted by Gasteiger charge is 2.19. The molecule has 0 bridgehead atoms. The van der Waals surface area contributed by atoms with Crippen molar-refractivity contribution in [2.24, 2.45) is 0 Å². The van der Waals surface area contributed by atoms with Crippen LogP contribution in [-0.2, 0) is 10.0 Å². The number of hydrogen-bond donors (Lipinski definition) is 2. The minimum absolute atomic E-state index is 0.113. The molecule has 1 aromatic heterocycles. The van der Waals surface area contributed by atoms with Crippen LogP contribution >= 0.6 is 23.2 Å². The Morgan fingerprint density at radius 3 is 2.14 bits per heavy atom. The third kappa shape index (κ3) is 3.52. The summed E-state index contributed by atoms with van der Waals surface area (Å²) in [5, 5.41) is 2.35. The first-order valence-electron chi connectivity index (χ1n) is 5.50. The number of rotatable bonds is 4. The Hall–Kier alpha value is -1.64. The maximum absolute atomic E-state index is 13.1. The van der Waals surface area contributed by atoms with Gasteiger partial charge in [-0.2, -0.15) is 0 Å². The number of sulfonamides is 1. The molecule has 1 aromatic carbocycles. The maximum Gasteiger partial charge on any atom is 0.265 e. The molecule has 0 amide bonds. The lowest BCUT2D eigenvalue weighted by atomic mass is 10.3. The van der Waals surface area contributed by atoms with E-state index in [0.29, 0.717) is 0 Å². The standard InChI is InChI=1S/C11H9Cl2FN4O2S/c1-15-11-16-4-7(5-17-11)21(19,20)18-10-8(12)2-6(14)3-9(10)13/h2-5,18H,1H3,(H,15,16,17). The fourth-order valence-corrected chi connectivity index (χ4v) is 3.07. The van der Waals surface area contributed by atoms with Gasteiger partial charge >= 0.3 is 0 Å². The van der Waals surface area contributed by atoms with Crippen molar-refractivity contribution in [1.29, 1.82) is 0 Å². The van der Waals surface area contributed by atoms with Gasteiger partial charge in [0, 0.05) is 7.05 Å². The highest BCUT2D eigenvalue weighted by atomic mass is 35.5. The Balaban J connectivity index is 2.37. The maximum atomic E-state index is 13.1. The molecule has 21 heavy (non-hydrogen) atoms. The largest absolute Gasteiger partial charge is 0.357 e. The van der Waals surface area contributed by atoms with Crippen molar-refractivity contribution in [2.45, 2.75) is 4.90 Å². The minimum atomic E-state index is -3.99.